The van der Waals surface area contributed by atoms with Gasteiger partial charge in [0.25, 0.3) is 0 Å². The second-order valence-corrected chi connectivity index (χ2v) is 20.7. The minimum atomic E-state index is -0.520. The molecule has 1 heterocycles. The predicted molar refractivity (Wildman–Crippen MR) is 302 cm³/mol. The van der Waals surface area contributed by atoms with E-state index >= 15 is 0 Å². The molecule has 2 nitrogen and oxygen atoms in total. The molecule has 1 aliphatic heterocycles. The summed E-state index contributed by atoms with van der Waals surface area (Å²) in [5, 5.41) is 0. The van der Waals surface area contributed by atoms with Crippen LogP contribution in [0, 0.1) is 0 Å². The predicted octanol–water partition coefficient (Wildman–Crippen LogP) is 18.0. The van der Waals surface area contributed by atoms with Gasteiger partial charge in [-0.15, -0.1) is 0 Å². The van der Waals surface area contributed by atoms with Crippen LogP contribution in [0.3, 0.4) is 0 Å². The van der Waals surface area contributed by atoms with Gasteiger partial charge >= 0.3 is 0 Å². The second kappa shape index (κ2) is 15.5. The van der Waals surface area contributed by atoms with Crippen LogP contribution in [0.4, 0.5) is 34.1 Å². The average Bonchev–Trinajstić information content (AvgIpc) is 4.05. The summed E-state index contributed by atoms with van der Waals surface area (Å²) in [4.78, 5) is 4.98. The summed E-state index contributed by atoms with van der Waals surface area (Å²) in [7, 11) is 0. The van der Waals surface area contributed by atoms with E-state index < -0.39 is 16.2 Å². The second-order valence-electron chi connectivity index (χ2n) is 20.7. The van der Waals surface area contributed by atoms with Crippen molar-refractivity contribution < 1.29 is 0 Å². The van der Waals surface area contributed by atoms with Crippen LogP contribution in [0.1, 0.15) is 69.5 Å². The first-order valence-corrected chi connectivity index (χ1v) is 25.7. The molecule has 73 heavy (non-hydrogen) atoms. The van der Waals surface area contributed by atoms with E-state index in [1.54, 1.807) is 0 Å². The van der Waals surface area contributed by atoms with Crippen molar-refractivity contribution in [1.82, 2.24) is 0 Å². The van der Waals surface area contributed by atoms with E-state index in [1.165, 1.54) is 100 Å². The number of hydrogen-bond donors (Lipinski definition) is 0. The molecule has 0 fully saturated rings. The minimum absolute atomic E-state index is 0.416. The first-order chi connectivity index (χ1) is 36.0. The van der Waals surface area contributed by atoms with Crippen LogP contribution in [0.15, 0.2) is 267 Å². The summed E-state index contributed by atoms with van der Waals surface area (Å²) >= 11 is 0. The first kappa shape index (κ1) is 41.8. The Kier molecular flexibility index (Phi) is 8.87. The topological polar surface area (TPSA) is 6.48 Å². The lowest BCUT2D eigenvalue weighted by molar-refractivity contribution is 0.627. The molecule has 4 aliphatic rings. The molecule has 344 valence electrons. The highest BCUT2D eigenvalue weighted by Crippen LogP contribution is 2.64. The van der Waals surface area contributed by atoms with Crippen molar-refractivity contribution in [3.05, 3.63) is 323 Å². The van der Waals surface area contributed by atoms with Gasteiger partial charge in [0.05, 0.1) is 22.2 Å². The fourth-order valence-electron chi connectivity index (χ4n) is 13.9. The van der Waals surface area contributed by atoms with Gasteiger partial charge in [-0.1, -0.05) is 220 Å². The quantitative estimate of drug-likeness (QED) is 0.164. The molecule has 0 N–H and O–H groups in total. The number of anilines is 6. The highest BCUT2D eigenvalue weighted by Gasteiger charge is 2.52. The van der Waals surface area contributed by atoms with Gasteiger partial charge in [-0.2, -0.15) is 0 Å². The van der Waals surface area contributed by atoms with E-state index in [0.717, 1.165) is 22.7 Å². The van der Waals surface area contributed by atoms with Gasteiger partial charge in [-0.3, -0.25) is 0 Å². The average molecular weight is 931 g/mol. The third kappa shape index (κ3) is 5.58. The Bertz CT molecular complexity index is 3910. The van der Waals surface area contributed by atoms with Crippen LogP contribution in [-0.2, 0) is 16.2 Å². The van der Waals surface area contributed by atoms with Crippen molar-refractivity contribution in [3.63, 3.8) is 0 Å². The maximum absolute atomic E-state index is 2.55. The van der Waals surface area contributed by atoms with Crippen LogP contribution in [0.2, 0.25) is 0 Å². The minimum Gasteiger partial charge on any atom is -0.310 e. The molecule has 0 unspecified atom stereocenters. The normalized spacial score (nSPS) is 15.0. The summed E-state index contributed by atoms with van der Waals surface area (Å²) in [6.07, 6.45) is 0. The Morgan fingerprint density at radius 2 is 0.658 bits per heavy atom. The van der Waals surface area contributed by atoms with Gasteiger partial charge in [0, 0.05) is 28.2 Å². The number of para-hydroxylation sites is 2. The number of rotatable bonds is 6. The fraction of sp³-hybridized carbons (Fsp3) is 0.0704. The standard InChI is InChI=1S/C71H50N2/c1-69(2)65-44-48(70(47-22-6-3-7-23-47)59-33-17-12-28-53(59)54-29-13-18-34-60(54)70)38-42-67(65)73(50-26-10-5-11-27-50)68-43-40-52(46-66(68)69)72(49-24-8-4-9-25-49)51-39-41-58-57-32-16-21-37-63(57)71(64(58)45-51)61-35-19-14-30-55(61)56-31-15-20-36-62(56)71/h3-46H,1-2H3. The van der Waals surface area contributed by atoms with Gasteiger partial charge in [0.2, 0.25) is 0 Å². The van der Waals surface area contributed by atoms with Crippen LogP contribution >= 0.6 is 0 Å². The molecule has 0 atom stereocenters. The van der Waals surface area contributed by atoms with E-state index in [1.807, 2.05) is 0 Å². The summed E-state index contributed by atoms with van der Waals surface area (Å²) < 4.78 is 0. The van der Waals surface area contributed by atoms with Crippen molar-refractivity contribution in [2.45, 2.75) is 30.1 Å². The molecule has 0 bridgehead atoms. The van der Waals surface area contributed by atoms with Crippen LogP contribution in [-0.4, -0.2) is 0 Å². The lowest BCUT2D eigenvalue weighted by atomic mass is 9.65. The van der Waals surface area contributed by atoms with Gasteiger partial charge in [-0.25, -0.2) is 0 Å². The molecule has 3 aliphatic carbocycles. The van der Waals surface area contributed by atoms with Crippen molar-refractivity contribution in [1.29, 1.82) is 0 Å². The Labute approximate surface area is 427 Å². The van der Waals surface area contributed by atoms with Crippen molar-refractivity contribution in [2.75, 3.05) is 9.80 Å². The van der Waals surface area contributed by atoms with Gasteiger partial charge in [0.1, 0.15) is 0 Å². The fourth-order valence-corrected chi connectivity index (χ4v) is 13.9. The lowest BCUT2D eigenvalue weighted by Gasteiger charge is -2.44. The molecule has 1 spiro atoms. The number of hydrogen-bond acceptors (Lipinski definition) is 2. The molecule has 0 saturated carbocycles. The largest absolute Gasteiger partial charge is 0.310 e. The zero-order valence-corrected chi connectivity index (χ0v) is 40.8. The monoisotopic (exact) mass is 930 g/mol. The van der Waals surface area contributed by atoms with Crippen LogP contribution < -0.4 is 9.80 Å². The number of nitrogens with zero attached hydrogens (tertiary/aromatic N) is 2. The first-order valence-electron chi connectivity index (χ1n) is 25.7. The Hall–Kier alpha value is -8.98. The van der Waals surface area contributed by atoms with E-state index in [9.17, 15) is 0 Å². The third-order valence-corrected chi connectivity index (χ3v) is 16.9. The van der Waals surface area contributed by atoms with E-state index in [0.29, 0.717) is 0 Å². The molecule has 11 aromatic rings. The van der Waals surface area contributed by atoms with E-state index in [-0.39, 0.29) is 0 Å². The Morgan fingerprint density at radius 1 is 0.274 bits per heavy atom. The number of benzene rings is 11. The van der Waals surface area contributed by atoms with Crippen molar-refractivity contribution >= 4 is 34.1 Å². The SMILES string of the molecule is CC1(C)c2cc(N(c3ccccc3)c3ccc4c(c3)C3(c5ccccc5-c5ccccc53)c3ccccc3-4)ccc2N(c2ccccc2)c2ccc(C3(c4ccccc4)c4ccccc4-c4ccccc43)cc21. The summed E-state index contributed by atoms with van der Waals surface area (Å²) in [5.41, 5.74) is 26.4. The molecule has 15 rings (SSSR count). The van der Waals surface area contributed by atoms with E-state index in [2.05, 4.69) is 291 Å². The zero-order valence-electron chi connectivity index (χ0n) is 40.8. The third-order valence-electron chi connectivity index (χ3n) is 16.9. The maximum atomic E-state index is 2.55. The molecular weight excluding hydrogens is 881 g/mol. The molecule has 0 aromatic heterocycles. The van der Waals surface area contributed by atoms with Gasteiger partial charge in [-0.05, 0) is 150 Å². The highest BCUT2D eigenvalue weighted by molar-refractivity contribution is 5.97. The summed E-state index contributed by atoms with van der Waals surface area (Å²) in [6.45, 7) is 4.87. The number of fused-ring (bicyclic) bond motifs is 15. The Balaban J connectivity index is 0.950. The highest BCUT2D eigenvalue weighted by atomic mass is 15.2. The van der Waals surface area contributed by atoms with Crippen molar-refractivity contribution in [2.24, 2.45) is 0 Å². The molecule has 0 saturated heterocycles. The summed E-state index contributed by atoms with van der Waals surface area (Å²) in [5.74, 6) is 0. The Morgan fingerprint density at radius 3 is 1.18 bits per heavy atom. The van der Waals surface area contributed by atoms with E-state index in [4.69, 9.17) is 0 Å². The molecule has 2 heteroatoms. The summed E-state index contributed by atoms with van der Waals surface area (Å²) in [6, 6.07) is 100. The molecular formula is C71H50N2. The zero-order chi connectivity index (χ0) is 48.5. The molecule has 0 amide bonds. The molecule has 11 aromatic carbocycles. The maximum Gasteiger partial charge on any atom is 0.0726 e. The lowest BCUT2D eigenvalue weighted by Crippen LogP contribution is -2.33. The molecule has 0 radical (unpaired) electrons. The van der Waals surface area contributed by atoms with Crippen LogP contribution in [0.5, 0.6) is 0 Å². The van der Waals surface area contributed by atoms with Gasteiger partial charge < -0.3 is 9.80 Å². The van der Waals surface area contributed by atoms with Crippen molar-refractivity contribution in [3.8, 4) is 33.4 Å². The smallest absolute Gasteiger partial charge is 0.0726 e. The van der Waals surface area contributed by atoms with Crippen LogP contribution in [0.25, 0.3) is 33.4 Å². The van der Waals surface area contributed by atoms with Gasteiger partial charge in [0.15, 0.2) is 0 Å².